The molecule has 4 rings (SSSR count). The van der Waals surface area contributed by atoms with E-state index < -0.39 is 0 Å². The molecule has 2 saturated heterocycles. The first kappa shape index (κ1) is 15.4. The van der Waals surface area contributed by atoms with Crippen molar-refractivity contribution in [1.29, 1.82) is 0 Å². The van der Waals surface area contributed by atoms with E-state index in [1.165, 1.54) is 4.52 Å². The van der Waals surface area contributed by atoms with E-state index in [-0.39, 0.29) is 23.6 Å². The van der Waals surface area contributed by atoms with Gasteiger partial charge in [0.2, 0.25) is 0 Å². The Morgan fingerprint density at radius 1 is 1.38 bits per heavy atom. The molecule has 0 aliphatic carbocycles. The van der Waals surface area contributed by atoms with E-state index in [0.29, 0.717) is 12.3 Å². The highest BCUT2D eigenvalue weighted by Crippen LogP contribution is 2.33. The van der Waals surface area contributed by atoms with Gasteiger partial charge in [-0.05, 0) is 32.1 Å². The third-order valence-corrected chi connectivity index (χ3v) is 4.99. The maximum absolute atomic E-state index is 12.7. The average molecular weight is 330 g/mol. The number of nitrogens with one attached hydrogen (secondary N) is 1. The maximum Gasteiger partial charge on any atom is 0.272 e. The number of nitrogens with zero attached hydrogens (tertiary/aromatic N) is 3. The third kappa shape index (κ3) is 2.53. The highest BCUT2D eigenvalue weighted by atomic mass is 16.5. The summed E-state index contributed by atoms with van der Waals surface area (Å²) in [6.07, 6.45) is 4.01. The lowest BCUT2D eigenvalue weighted by atomic mass is 10.1. The number of likely N-dealkylation sites (tertiary alicyclic amines) is 1. The van der Waals surface area contributed by atoms with Gasteiger partial charge in [-0.25, -0.2) is 9.50 Å². The minimum absolute atomic E-state index is 0.0344. The Morgan fingerprint density at radius 3 is 3.00 bits per heavy atom. The van der Waals surface area contributed by atoms with Crippen LogP contribution >= 0.6 is 0 Å². The molecule has 2 aromatic rings. The van der Waals surface area contributed by atoms with Crippen LogP contribution in [0.2, 0.25) is 0 Å². The first-order valence-corrected chi connectivity index (χ1v) is 8.71. The van der Waals surface area contributed by atoms with Crippen molar-refractivity contribution in [2.45, 2.75) is 51.2 Å². The Morgan fingerprint density at radius 2 is 2.25 bits per heavy atom. The minimum Gasteiger partial charge on any atom is -0.368 e. The molecule has 2 atom stereocenters. The normalized spacial score (nSPS) is 24.1. The van der Waals surface area contributed by atoms with Crippen LogP contribution in [0.5, 0.6) is 0 Å². The molecule has 1 N–H and O–H groups in total. The molecule has 0 saturated carbocycles. The van der Waals surface area contributed by atoms with E-state index in [4.69, 9.17) is 4.74 Å². The fourth-order valence-electron chi connectivity index (χ4n) is 3.72. The zero-order valence-corrected chi connectivity index (χ0v) is 13.8. The number of fused-ring (bicyclic) bond motifs is 1. The summed E-state index contributed by atoms with van der Waals surface area (Å²) >= 11 is 0. The predicted octanol–water partition coefficient (Wildman–Crippen LogP) is 1.43. The molecule has 0 bridgehead atoms. The predicted molar refractivity (Wildman–Crippen MR) is 87.9 cm³/mol. The standard InChI is InChI=1S/C17H22N4O3/c1-2-11-9-16(22)21-15(18-11)10-12(19-21)13-5-3-7-20(13)17(23)14-6-4-8-24-14/h9-10,13-14,19H,2-8H2,1H3/t13-,14-/m0/s1. The largest absolute Gasteiger partial charge is 0.368 e. The second-order valence-electron chi connectivity index (χ2n) is 6.54. The monoisotopic (exact) mass is 330 g/mol. The van der Waals surface area contributed by atoms with Crippen molar-refractivity contribution >= 4 is 11.6 Å². The summed E-state index contributed by atoms with van der Waals surface area (Å²) in [6, 6.07) is 3.41. The van der Waals surface area contributed by atoms with Gasteiger partial charge in [-0.2, -0.15) is 0 Å². The van der Waals surface area contributed by atoms with Crippen LogP contribution in [-0.2, 0) is 16.0 Å². The summed E-state index contributed by atoms with van der Waals surface area (Å²) in [5, 5.41) is 3.14. The topological polar surface area (TPSA) is 79.7 Å². The number of carbonyl (C=O) groups excluding carboxylic acids is 1. The van der Waals surface area contributed by atoms with Gasteiger partial charge < -0.3 is 9.64 Å². The molecule has 0 aromatic carbocycles. The molecule has 2 aliphatic heterocycles. The lowest BCUT2D eigenvalue weighted by Gasteiger charge is -2.26. The van der Waals surface area contributed by atoms with E-state index in [1.807, 2.05) is 17.9 Å². The van der Waals surface area contributed by atoms with Crippen LogP contribution in [0, 0.1) is 0 Å². The van der Waals surface area contributed by atoms with Gasteiger partial charge in [0.1, 0.15) is 6.10 Å². The van der Waals surface area contributed by atoms with Crippen LogP contribution in [0.3, 0.4) is 0 Å². The van der Waals surface area contributed by atoms with Crippen molar-refractivity contribution in [3.05, 3.63) is 33.9 Å². The zero-order chi connectivity index (χ0) is 16.7. The van der Waals surface area contributed by atoms with Gasteiger partial charge >= 0.3 is 0 Å². The second-order valence-corrected chi connectivity index (χ2v) is 6.54. The smallest absolute Gasteiger partial charge is 0.272 e. The van der Waals surface area contributed by atoms with E-state index in [2.05, 4.69) is 10.1 Å². The summed E-state index contributed by atoms with van der Waals surface area (Å²) in [6.45, 7) is 3.38. The van der Waals surface area contributed by atoms with Crippen LogP contribution in [0.25, 0.3) is 5.65 Å². The van der Waals surface area contributed by atoms with Gasteiger partial charge in [0.15, 0.2) is 5.65 Å². The molecular weight excluding hydrogens is 308 g/mol. The molecule has 0 spiro atoms. The molecule has 2 aliphatic rings. The van der Waals surface area contributed by atoms with Crippen molar-refractivity contribution in [3.8, 4) is 0 Å². The molecule has 7 nitrogen and oxygen atoms in total. The van der Waals surface area contributed by atoms with Crippen molar-refractivity contribution in [2.75, 3.05) is 13.2 Å². The van der Waals surface area contributed by atoms with E-state index in [9.17, 15) is 9.59 Å². The third-order valence-electron chi connectivity index (χ3n) is 4.99. The second kappa shape index (κ2) is 6.05. The molecule has 24 heavy (non-hydrogen) atoms. The zero-order valence-electron chi connectivity index (χ0n) is 13.8. The molecule has 1 amide bonds. The number of aromatic amines is 1. The van der Waals surface area contributed by atoms with Crippen molar-refractivity contribution in [2.24, 2.45) is 0 Å². The first-order valence-electron chi connectivity index (χ1n) is 8.71. The van der Waals surface area contributed by atoms with Crippen molar-refractivity contribution in [3.63, 3.8) is 0 Å². The van der Waals surface area contributed by atoms with Crippen LogP contribution in [0.15, 0.2) is 16.9 Å². The lowest BCUT2D eigenvalue weighted by Crippen LogP contribution is -2.38. The van der Waals surface area contributed by atoms with Gasteiger partial charge in [0.25, 0.3) is 11.5 Å². The molecule has 128 valence electrons. The minimum atomic E-state index is -0.303. The molecule has 0 radical (unpaired) electrons. The maximum atomic E-state index is 12.7. The number of H-pyrrole nitrogens is 1. The van der Waals surface area contributed by atoms with E-state index in [1.54, 1.807) is 6.07 Å². The molecule has 2 aromatic heterocycles. The highest BCUT2D eigenvalue weighted by Gasteiger charge is 2.36. The first-order chi connectivity index (χ1) is 11.7. The number of aryl methyl sites for hydroxylation is 1. The summed E-state index contributed by atoms with van der Waals surface area (Å²) in [5.41, 5.74) is 2.16. The number of aromatic nitrogens is 3. The molecule has 2 fully saturated rings. The Labute approximate surface area is 139 Å². The molecule has 7 heteroatoms. The van der Waals surface area contributed by atoms with Crippen LogP contribution in [-0.4, -0.2) is 44.7 Å². The highest BCUT2D eigenvalue weighted by molar-refractivity contribution is 5.82. The van der Waals surface area contributed by atoms with Gasteiger partial charge in [0, 0.05) is 31.0 Å². The fourth-order valence-corrected chi connectivity index (χ4v) is 3.72. The van der Waals surface area contributed by atoms with Gasteiger partial charge in [-0.3, -0.25) is 14.7 Å². The molecular formula is C17H22N4O3. The Bertz CT molecular complexity index is 819. The number of amides is 1. The average Bonchev–Trinajstić information content (AvgIpc) is 3.31. The van der Waals surface area contributed by atoms with Gasteiger partial charge in [0.05, 0.1) is 11.7 Å². The number of hydrogen-bond acceptors (Lipinski definition) is 4. The number of carbonyl (C=O) groups is 1. The van der Waals surface area contributed by atoms with Crippen LogP contribution < -0.4 is 5.56 Å². The number of rotatable bonds is 3. The fraction of sp³-hybridized carbons (Fsp3) is 0.588. The summed E-state index contributed by atoms with van der Waals surface area (Å²) in [7, 11) is 0. The summed E-state index contributed by atoms with van der Waals surface area (Å²) in [5.74, 6) is 0.0724. The van der Waals surface area contributed by atoms with E-state index >= 15 is 0 Å². The van der Waals surface area contributed by atoms with E-state index in [0.717, 1.165) is 50.0 Å². The molecule has 4 heterocycles. The Balaban J connectivity index is 1.66. The summed E-state index contributed by atoms with van der Waals surface area (Å²) < 4.78 is 7.01. The van der Waals surface area contributed by atoms with Crippen molar-refractivity contribution in [1.82, 2.24) is 19.5 Å². The Hall–Kier alpha value is -2.15. The quantitative estimate of drug-likeness (QED) is 0.923. The Kier molecular flexibility index (Phi) is 3.88. The number of hydrogen-bond donors (Lipinski definition) is 1. The lowest BCUT2D eigenvalue weighted by molar-refractivity contribution is -0.142. The van der Waals surface area contributed by atoms with Crippen LogP contribution in [0.4, 0.5) is 0 Å². The van der Waals surface area contributed by atoms with Crippen molar-refractivity contribution < 1.29 is 9.53 Å². The van der Waals surface area contributed by atoms with Gasteiger partial charge in [-0.15, -0.1) is 0 Å². The number of ether oxygens (including phenoxy) is 1. The summed E-state index contributed by atoms with van der Waals surface area (Å²) in [4.78, 5) is 31.3. The molecule has 0 unspecified atom stereocenters. The van der Waals surface area contributed by atoms with Crippen LogP contribution in [0.1, 0.15) is 50.0 Å². The SMILES string of the molecule is CCc1cc(=O)n2[nH]c([C@@H]3CCCN3C(=O)[C@@H]3CCCO3)cc2n1. The van der Waals surface area contributed by atoms with Gasteiger partial charge in [-0.1, -0.05) is 6.92 Å².